The molecule has 7 nitrogen and oxygen atoms in total. The Morgan fingerprint density at radius 3 is 2.78 bits per heavy atom. The third-order valence-corrected chi connectivity index (χ3v) is 2.26. The van der Waals surface area contributed by atoms with Crippen molar-refractivity contribution >= 4 is 11.7 Å². The van der Waals surface area contributed by atoms with Gasteiger partial charge in [-0.3, -0.25) is 4.68 Å². The summed E-state index contributed by atoms with van der Waals surface area (Å²) in [5.41, 5.74) is 6.17. The first-order chi connectivity index (χ1) is 8.66. The van der Waals surface area contributed by atoms with Gasteiger partial charge in [0, 0.05) is 27.4 Å². The minimum absolute atomic E-state index is 0.191. The highest BCUT2D eigenvalue weighted by Gasteiger charge is 2.15. The molecule has 0 unspecified atom stereocenters. The number of nitrogens with zero attached hydrogens (tertiary/aromatic N) is 2. The quantitative estimate of drug-likeness (QED) is 0.529. The number of esters is 1. The van der Waals surface area contributed by atoms with Crippen LogP contribution in [0.4, 0.5) is 5.69 Å². The van der Waals surface area contributed by atoms with E-state index in [1.54, 1.807) is 14.2 Å². The van der Waals surface area contributed by atoms with Crippen LogP contribution >= 0.6 is 0 Å². The van der Waals surface area contributed by atoms with Crippen LogP contribution in [0.15, 0.2) is 6.20 Å². The first-order valence-corrected chi connectivity index (χ1v) is 5.68. The van der Waals surface area contributed by atoms with Gasteiger partial charge in [0.05, 0.1) is 18.5 Å². The number of anilines is 1. The van der Waals surface area contributed by atoms with Crippen molar-refractivity contribution in [1.82, 2.24) is 9.78 Å². The van der Waals surface area contributed by atoms with Crippen molar-refractivity contribution in [2.75, 3.05) is 39.3 Å². The van der Waals surface area contributed by atoms with Crippen molar-refractivity contribution in [1.29, 1.82) is 0 Å². The minimum atomic E-state index is -0.493. The van der Waals surface area contributed by atoms with Gasteiger partial charge in [-0.25, -0.2) is 4.79 Å². The molecule has 0 atom stereocenters. The number of hydrogen-bond acceptors (Lipinski definition) is 6. The van der Waals surface area contributed by atoms with E-state index in [9.17, 15) is 4.79 Å². The zero-order chi connectivity index (χ0) is 13.4. The van der Waals surface area contributed by atoms with Crippen molar-refractivity contribution < 1.29 is 19.0 Å². The Kier molecular flexibility index (Phi) is 6.16. The van der Waals surface area contributed by atoms with Crippen molar-refractivity contribution in [2.45, 2.75) is 6.42 Å². The molecule has 2 N–H and O–H groups in total. The Labute approximate surface area is 106 Å². The molecule has 0 aliphatic heterocycles. The molecule has 0 radical (unpaired) electrons. The van der Waals surface area contributed by atoms with Crippen molar-refractivity contribution in [3.8, 4) is 0 Å². The fourth-order valence-corrected chi connectivity index (χ4v) is 1.37. The van der Waals surface area contributed by atoms with Crippen LogP contribution in [0, 0.1) is 0 Å². The summed E-state index contributed by atoms with van der Waals surface area (Å²) < 4.78 is 16.5. The SMILES string of the molecule is COCCCOCCOC(=O)c1c(N)cnn1C. The molecule has 7 heteroatoms. The van der Waals surface area contributed by atoms with Crippen molar-refractivity contribution in [3.63, 3.8) is 0 Å². The van der Waals surface area contributed by atoms with Crippen molar-refractivity contribution in [3.05, 3.63) is 11.9 Å². The van der Waals surface area contributed by atoms with Crippen LogP contribution in [-0.2, 0) is 21.3 Å². The van der Waals surface area contributed by atoms with Crippen LogP contribution in [0.2, 0.25) is 0 Å². The monoisotopic (exact) mass is 257 g/mol. The second-order valence-electron chi connectivity index (χ2n) is 3.67. The zero-order valence-electron chi connectivity index (χ0n) is 10.7. The lowest BCUT2D eigenvalue weighted by Crippen LogP contribution is -2.16. The summed E-state index contributed by atoms with van der Waals surface area (Å²) in [7, 11) is 3.27. The molecule has 102 valence electrons. The molecule has 0 spiro atoms. The predicted molar refractivity (Wildman–Crippen MR) is 65.2 cm³/mol. The van der Waals surface area contributed by atoms with E-state index in [0.29, 0.717) is 25.5 Å². The van der Waals surface area contributed by atoms with Gasteiger partial charge >= 0.3 is 5.97 Å². The number of ether oxygens (including phenoxy) is 3. The van der Waals surface area contributed by atoms with Gasteiger partial charge in [0.25, 0.3) is 0 Å². The van der Waals surface area contributed by atoms with E-state index < -0.39 is 5.97 Å². The van der Waals surface area contributed by atoms with E-state index in [2.05, 4.69) is 5.10 Å². The summed E-state index contributed by atoms with van der Waals surface area (Å²) in [4.78, 5) is 11.6. The van der Waals surface area contributed by atoms with E-state index in [0.717, 1.165) is 6.42 Å². The summed E-state index contributed by atoms with van der Waals surface area (Å²) in [6.07, 6.45) is 2.23. The summed E-state index contributed by atoms with van der Waals surface area (Å²) >= 11 is 0. The molecule has 0 saturated carbocycles. The maximum Gasteiger partial charge on any atom is 0.358 e. The van der Waals surface area contributed by atoms with E-state index >= 15 is 0 Å². The molecule has 1 aromatic rings. The number of rotatable bonds is 8. The Morgan fingerprint density at radius 1 is 1.39 bits per heavy atom. The van der Waals surface area contributed by atoms with Crippen LogP contribution < -0.4 is 5.73 Å². The third-order valence-electron chi connectivity index (χ3n) is 2.26. The first kappa shape index (κ1) is 14.5. The molecule has 1 heterocycles. The number of methoxy groups -OCH3 is 1. The first-order valence-electron chi connectivity index (χ1n) is 5.68. The van der Waals surface area contributed by atoms with E-state index in [4.69, 9.17) is 19.9 Å². The fraction of sp³-hybridized carbons (Fsp3) is 0.636. The van der Waals surface area contributed by atoms with E-state index in [1.807, 2.05) is 0 Å². The van der Waals surface area contributed by atoms with Gasteiger partial charge < -0.3 is 19.9 Å². The lowest BCUT2D eigenvalue weighted by atomic mass is 10.4. The summed E-state index contributed by atoms with van der Waals surface area (Å²) in [6, 6.07) is 0. The molecule has 18 heavy (non-hydrogen) atoms. The number of carbonyl (C=O) groups excluding carboxylic acids is 1. The maximum atomic E-state index is 11.6. The van der Waals surface area contributed by atoms with Crippen LogP contribution in [0.5, 0.6) is 0 Å². The molecule has 0 aliphatic rings. The van der Waals surface area contributed by atoms with Crippen molar-refractivity contribution in [2.24, 2.45) is 7.05 Å². The maximum absolute atomic E-state index is 11.6. The molecular weight excluding hydrogens is 238 g/mol. The van der Waals surface area contributed by atoms with Gasteiger partial charge in [-0.05, 0) is 6.42 Å². The van der Waals surface area contributed by atoms with Crippen LogP contribution in [0.1, 0.15) is 16.9 Å². The Morgan fingerprint density at radius 2 is 2.17 bits per heavy atom. The average molecular weight is 257 g/mol. The minimum Gasteiger partial charge on any atom is -0.458 e. The second kappa shape index (κ2) is 7.67. The molecule has 0 aromatic carbocycles. The Bertz CT molecular complexity index is 359. The highest BCUT2D eigenvalue weighted by atomic mass is 16.6. The molecule has 0 saturated heterocycles. The van der Waals surface area contributed by atoms with E-state index in [1.165, 1.54) is 10.9 Å². The largest absolute Gasteiger partial charge is 0.458 e. The third kappa shape index (κ3) is 4.34. The Hall–Kier alpha value is -1.60. The zero-order valence-corrected chi connectivity index (χ0v) is 10.7. The molecule has 0 fully saturated rings. The van der Waals surface area contributed by atoms with Crippen LogP contribution in [0.25, 0.3) is 0 Å². The molecular formula is C11H19N3O4. The summed E-state index contributed by atoms with van der Waals surface area (Å²) in [5.74, 6) is -0.493. The fourth-order valence-electron chi connectivity index (χ4n) is 1.37. The standard InChI is InChI=1S/C11H19N3O4/c1-14-10(9(12)8-13-14)11(15)18-7-6-17-5-3-4-16-2/h8H,3-7,12H2,1-2H3. The number of hydrogen-bond donors (Lipinski definition) is 1. The van der Waals surface area contributed by atoms with Gasteiger partial charge in [-0.2, -0.15) is 5.10 Å². The number of aryl methyl sites for hydroxylation is 1. The molecule has 1 rings (SSSR count). The second-order valence-corrected chi connectivity index (χ2v) is 3.67. The highest BCUT2D eigenvalue weighted by molar-refractivity contribution is 5.92. The topological polar surface area (TPSA) is 88.6 Å². The van der Waals surface area contributed by atoms with Gasteiger partial charge in [-0.15, -0.1) is 0 Å². The molecule has 1 aromatic heterocycles. The predicted octanol–water partition coefficient (Wildman–Crippen LogP) is 0.212. The number of carbonyl (C=O) groups is 1. The van der Waals surface area contributed by atoms with Gasteiger partial charge in [0.15, 0.2) is 5.69 Å². The smallest absolute Gasteiger partial charge is 0.358 e. The molecule has 0 amide bonds. The van der Waals surface area contributed by atoms with Gasteiger partial charge in [0.1, 0.15) is 6.61 Å². The lowest BCUT2D eigenvalue weighted by molar-refractivity contribution is 0.0279. The Balaban J connectivity index is 2.18. The average Bonchev–Trinajstić information content (AvgIpc) is 2.68. The van der Waals surface area contributed by atoms with E-state index in [-0.39, 0.29) is 12.3 Å². The number of aromatic nitrogens is 2. The summed E-state index contributed by atoms with van der Waals surface area (Å²) in [5, 5.41) is 3.86. The highest BCUT2D eigenvalue weighted by Crippen LogP contribution is 2.10. The van der Waals surface area contributed by atoms with Gasteiger partial charge in [0.2, 0.25) is 0 Å². The number of nitrogens with two attached hydrogens (primary N) is 1. The van der Waals surface area contributed by atoms with Crippen LogP contribution in [-0.4, -0.2) is 49.3 Å². The molecule has 0 bridgehead atoms. The molecule has 0 aliphatic carbocycles. The van der Waals surface area contributed by atoms with Gasteiger partial charge in [-0.1, -0.05) is 0 Å². The summed E-state index contributed by atoms with van der Waals surface area (Å²) in [6.45, 7) is 1.79. The number of nitrogen functional groups attached to an aromatic ring is 1. The lowest BCUT2D eigenvalue weighted by Gasteiger charge is -2.06. The van der Waals surface area contributed by atoms with Crippen LogP contribution in [0.3, 0.4) is 0 Å². The normalized spacial score (nSPS) is 10.6.